The second kappa shape index (κ2) is 5.85. The normalized spacial score (nSPS) is 16.9. The van der Waals surface area contributed by atoms with Gasteiger partial charge in [-0.05, 0) is 41.8 Å². The van der Waals surface area contributed by atoms with Gasteiger partial charge in [0.15, 0.2) is 0 Å². The summed E-state index contributed by atoms with van der Waals surface area (Å²) in [5.41, 5.74) is 1.32. The number of rotatable bonds is 3. The minimum atomic E-state index is -0.307. The zero-order chi connectivity index (χ0) is 14.9. The molecule has 1 saturated carbocycles. The highest BCUT2D eigenvalue weighted by atomic mass is 79.9. The lowest BCUT2D eigenvalue weighted by molar-refractivity contribution is 0.0897. The van der Waals surface area contributed by atoms with Gasteiger partial charge < -0.3 is 5.32 Å². The third kappa shape index (κ3) is 2.87. The Labute approximate surface area is 136 Å². The summed E-state index contributed by atoms with van der Waals surface area (Å²) >= 11 is 5.03. The zero-order valence-corrected chi connectivity index (χ0v) is 14.1. The Balaban J connectivity index is 1.90. The lowest BCUT2D eigenvalue weighted by Crippen LogP contribution is -2.43. The van der Waals surface area contributed by atoms with Gasteiger partial charge in [0.2, 0.25) is 0 Å². The van der Waals surface area contributed by atoms with Crippen molar-refractivity contribution >= 4 is 33.2 Å². The lowest BCUT2D eigenvalue weighted by atomic mass is 9.97. The van der Waals surface area contributed by atoms with E-state index in [1.807, 2.05) is 12.3 Å². The first kappa shape index (κ1) is 14.7. The van der Waals surface area contributed by atoms with Crippen molar-refractivity contribution in [2.75, 3.05) is 0 Å². The minimum absolute atomic E-state index is 0.0703. The molecule has 2 aromatic rings. The molecule has 0 radical (unpaired) electrons. The van der Waals surface area contributed by atoms with Crippen molar-refractivity contribution in [3.05, 3.63) is 44.6 Å². The number of pyridine rings is 1. The molecule has 3 rings (SSSR count). The summed E-state index contributed by atoms with van der Waals surface area (Å²) in [7, 11) is 0. The van der Waals surface area contributed by atoms with Gasteiger partial charge in [0, 0.05) is 27.9 Å². The quantitative estimate of drug-likeness (QED) is 0.899. The molecule has 0 atom stereocenters. The first-order chi connectivity index (χ1) is 10.1. The first-order valence-corrected chi connectivity index (χ1v) is 8.63. The fourth-order valence-corrected chi connectivity index (χ4v) is 4.23. The monoisotopic (exact) mass is 365 g/mol. The second-order valence-corrected chi connectivity index (χ2v) is 7.11. The Morgan fingerprint density at radius 3 is 2.81 bits per heavy atom. The van der Waals surface area contributed by atoms with E-state index in [9.17, 15) is 4.79 Å². The van der Waals surface area contributed by atoms with Crippen LogP contribution in [0.1, 0.15) is 46.7 Å². The van der Waals surface area contributed by atoms with Crippen molar-refractivity contribution in [1.82, 2.24) is 15.3 Å². The van der Waals surface area contributed by atoms with Gasteiger partial charge in [0.05, 0.1) is 11.1 Å². The number of amides is 1. The summed E-state index contributed by atoms with van der Waals surface area (Å²) in [5.74, 6) is -0.0703. The summed E-state index contributed by atoms with van der Waals surface area (Å²) in [6.45, 7) is 1.99. The van der Waals surface area contributed by atoms with Crippen LogP contribution in [0, 0.1) is 6.92 Å². The van der Waals surface area contributed by atoms with Gasteiger partial charge >= 0.3 is 0 Å². The Morgan fingerprint density at radius 2 is 2.19 bits per heavy atom. The van der Waals surface area contributed by atoms with E-state index in [0.29, 0.717) is 10.0 Å². The summed E-state index contributed by atoms with van der Waals surface area (Å²) in [6, 6.07) is 1.73. The summed E-state index contributed by atoms with van der Waals surface area (Å²) in [5, 5.41) is 6.30. The predicted octanol–water partition coefficient (Wildman–Crippen LogP) is 3.81. The van der Waals surface area contributed by atoms with E-state index in [4.69, 9.17) is 0 Å². The van der Waals surface area contributed by atoms with Gasteiger partial charge in [0.1, 0.15) is 5.01 Å². The molecule has 6 heteroatoms. The fourth-order valence-electron chi connectivity index (χ4n) is 2.79. The summed E-state index contributed by atoms with van der Waals surface area (Å²) < 4.78 is 0.714. The van der Waals surface area contributed by atoms with Crippen LogP contribution in [0.3, 0.4) is 0 Å². The number of carbonyl (C=O) groups excluding carboxylic acids is 1. The largest absolute Gasteiger partial charge is 0.340 e. The Bertz CT molecular complexity index is 664. The number of aromatic nitrogens is 2. The van der Waals surface area contributed by atoms with Gasteiger partial charge in [-0.15, -0.1) is 11.3 Å². The van der Waals surface area contributed by atoms with Gasteiger partial charge in [-0.3, -0.25) is 9.78 Å². The van der Waals surface area contributed by atoms with Crippen LogP contribution in [-0.4, -0.2) is 15.9 Å². The number of thiazole rings is 1. The molecule has 1 aliphatic rings. The molecule has 2 heterocycles. The van der Waals surface area contributed by atoms with Crippen molar-refractivity contribution in [1.29, 1.82) is 0 Å². The van der Waals surface area contributed by atoms with Crippen molar-refractivity contribution in [3.63, 3.8) is 0 Å². The van der Waals surface area contributed by atoms with Crippen LogP contribution in [0.5, 0.6) is 0 Å². The maximum absolute atomic E-state index is 12.6. The van der Waals surface area contributed by atoms with E-state index < -0.39 is 0 Å². The summed E-state index contributed by atoms with van der Waals surface area (Å²) in [4.78, 5) is 21.2. The van der Waals surface area contributed by atoms with E-state index in [2.05, 4.69) is 31.2 Å². The van der Waals surface area contributed by atoms with E-state index in [1.165, 1.54) is 0 Å². The molecule has 1 amide bonds. The Morgan fingerprint density at radius 1 is 1.43 bits per heavy atom. The SMILES string of the molecule is Cc1csc(C2(NC(=O)c3ccncc3Br)CCCC2)n1. The van der Waals surface area contributed by atoms with E-state index in [1.54, 1.807) is 29.8 Å². The molecule has 0 spiro atoms. The predicted molar refractivity (Wildman–Crippen MR) is 86.4 cm³/mol. The van der Waals surface area contributed by atoms with Crippen molar-refractivity contribution in [2.24, 2.45) is 0 Å². The number of halogens is 1. The van der Waals surface area contributed by atoms with Crippen molar-refractivity contribution in [3.8, 4) is 0 Å². The molecule has 0 aromatic carbocycles. The molecule has 21 heavy (non-hydrogen) atoms. The molecule has 1 aliphatic carbocycles. The van der Waals surface area contributed by atoms with Crippen LogP contribution in [0.4, 0.5) is 0 Å². The van der Waals surface area contributed by atoms with Crippen molar-refractivity contribution < 1.29 is 4.79 Å². The van der Waals surface area contributed by atoms with E-state index in [-0.39, 0.29) is 11.4 Å². The third-order valence-electron chi connectivity index (χ3n) is 3.86. The topological polar surface area (TPSA) is 54.9 Å². The first-order valence-electron chi connectivity index (χ1n) is 6.95. The molecule has 0 saturated heterocycles. The highest BCUT2D eigenvalue weighted by Gasteiger charge is 2.39. The van der Waals surface area contributed by atoms with Gasteiger partial charge in [-0.25, -0.2) is 4.98 Å². The zero-order valence-electron chi connectivity index (χ0n) is 11.7. The van der Waals surface area contributed by atoms with E-state index >= 15 is 0 Å². The average Bonchev–Trinajstić information content (AvgIpc) is 3.09. The third-order valence-corrected chi connectivity index (χ3v) is 5.65. The number of hydrogen-bond donors (Lipinski definition) is 1. The lowest BCUT2D eigenvalue weighted by Gasteiger charge is -2.28. The van der Waals surface area contributed by atoms with Gasteiger partial charge in [-0.2, -0.15) is 0 Å². The number of nitrogens with zero attached hydrogens (tertiary/aromatic N) is 2. The molecule has 2 aromatic heterocycles. The number of nitrogens with one attached hydrogen (secondary N) is 1. The Hall–Kier alpha value is -1.27. The van der Waals surface area contributed by atoms with Crippen LogP contribution in [0.2, 0.25) is 0 Å². The Kier molecular flexibility index (Phi) is 4.08. The van der Waals surface area contributed by atoms with Crippen LogP contribution in [-0.2, 0) is 5.54 Å². The standard InChI is InChI=1S/C15H16BrN3OS/c1-10-9-21-14(18-10)15(5-2-3-6-15)19-13(20)11-4-7-17-8-12(11)16/h4,7-9H,2-3,5-6H2,1H3,(H,19,20). The van der Waals surface area contributed by atoms with Crippen LogP contribution < -0.4 is 5.32 Å². The highest BCUT2D eigenvalue weighted by molar-refractivity contribution is 9.10. The average molecular weight is 366 g/mol. The van der Waals surface area contributed by atoms with Gasteiger partial charge in [-0.1, -0.05) is 12.8 Å². The number of aryl methyl sites for hydroxylation is 1. The molecule has 110 valence electrons. The minimum Gasteiger partial charge on any atom is -0.340 e. The number of carbonyl (C=O) groups is 1. The molecular formula is C15H16BrN3OS. The molecular weight excluding hydrogens is 350 g/mol. The molecule has 1 N–H and O–H groups in total. The second-order valence-electron chi connectivity index (χ2n) is 5.39. The fraction of sp³-hybridized carbons (Fsp3) is 0.400. The van der Waals surface area contributed by atoms with Crippen LogP contribution >= 0.6 is 27.3 Å². The summed E-state index contributed by atoms with van der Waals surface area (Å²) in [6.07, 6.45) is 7.42. The maximum atomic E-state index is 12.6. The molecule has 0 aliphatic heterocycles. The molecule has 0 bridgehead atoms. The smallest absolute Gasteiger partial charge is 0.253 e. The van der Waals surface area contributed by atoms with E-state index in [0.717, 1.165) is 36.4 Å². The molecule has 1 fully saturated rings. The number of hydrogen-bond acceptors (Lipinski definition) is 4. The molecule has 4 nitrogen and oxygen atoms in total. The molecule has 0 unspecified atom stereocenters. The van der Waals surface area contributed by atoms with Crippen molar-refractivity contribution in [2.45, 2.75) is 38.1 Å². The van der Waals surface area contributed by atoms with Crippen LogP contribution in [0.15, 0.2) is 28.3 Å². The van der Waals surface area contributed by atoms with Gasteiger partial charge in [0.25, 0.3) is 5.91 Å². The highest BCUT2D eigenvalue weighted by Crippen LogP contribution is 2.40. The maximum Gasteiger partial charge on any atom is 0.253 e. The van der Waals surface area contributed by atoms with Crippen LogP contribution in [0.25, 0.3) is 0 Å².